The fraction of sp³-hybridized carbons (Fsp3) is 0.294. The Hall–Kier alpha value is -4.76. The summed E-state index contributed by atoms with van der Waals surface area (Å²) in [4.78, 5) is 28.1. The molecule has 2 aromatic heterocycles. The Balaban J connectivity index is 1.03. The summed E-state index contributed by atoms with van der Waals surface area (Å²) in [6.45, 7) is 7.70. The zero-order chi connectivity index (χ0) is 29.8. The molecule has 0 bridgehead atoms. The maximum atomic E-state index is 13.0. The summed E-state index contributed by atoms with van der Waals surface area (Å²) in [6, 6.07) is 23.6. The van der Waals surface area contributed by atoms with Gasteiger partial charge >= 0.3 is 5.63 Å². The zero-order valence-electron chi connectivity index (χ0n) is 24.5. The maximum Gasteiger partial charge on any atom is 0.349 e. The lowest BCUT2D eigenvalue weighted by atomic mass is 10.0. The van der Waals surface area contributed by atoms with Crippen LogP contribution in [0.15, 0.2) is 88.2 Å². The number of ether oxygens (including phenoxy) is 1. The Kier molecular flexibility index (Phi) is 8.33. The molecule has 1 aliphatic rings. The molecule has 5 aromatic rings. The molecule has 9 nitrogen and oxygen atoms in total. The van der Waals surface area contributed by atoms with E-state index in [4.69, 9.17) is 9.15 Å². The fourth-order valence-corrected chi connectivity index (χ4v) is 5.41. The van der Waals surface area contributed by atoms with Crippen molar-refractivity contribution in [1.82, 2.24) is 25.2 Å². The Labute approximate surface area is 250 Å². The van der Waals surface area contributed by atoms with Gasteiger partial charge in [-0.1, -0.05) is 53.7 Å². The number of fused-ring (bicyclic) bond motifs is 1. The summed E-state index contributed by atoms with van der Waals surface area (Å²) < 4.78 is 13.2. The number of likely N-dealkylation sites (tertiary alicyclic amines) is 1. The lowest BCUT2D eigenvalue weighted by Gasteiger charge is -2.32. The largest absolute Gasteiger partial charge is 0.487 e. The van der Waals surface area contributed by atoms with E-state index < -0.39 is 11.5 Å². The normalized spacial score (nSPS) is 14.2. The highest BCUT2D eigenvalue weighted by Crippen LogP contribution is 2.22. The van der Waals surface area contributed by atoms with Gasteiger partial charge in [0.05, 0.1) is 12.7 Å². The minimum Gasteiger partial charge on any atom is -0.487 e. The number of aromatic nitrogens is 3. The predicted octanol–water partition coefficient (Wildman–Crippen LogP) is 5.02. The van der Waals surface area contributed by atoms with Gasteiger partial charge in [0.2, 0.25) is 0 Å². The molecule has 0 aliphatic carbocycles. The van der Waals surface area contributed by atoms with Gasteiger partial charge in [-0.25, -0.2) is 9.48 Å². The summed E-state index contributed by atoms with van der Waals surface area (Å²) >= 11 is 0. The van der Waals surface area contributed by atoms with E-state index in [0.717, 1.165) is 38.0 Å². The number of benzene rings is 3. The van der Waals surface area contributed by atoms with Crippen LogP contribution >= 0.6 is 0 Å². The van der Waals surface area contributed by atoms with Gasteiger partial charge < -0.3 is 14.5 Å². The molecule has 43 heavy (non-hydrogen) atoms. The third-order valence-corrected chi connectivity index (χ3v) is 8.01. The lowest BCUT2D eigenvalue weighted by Crippen LogP contribution is -2.45. The fourth-order valence-electron chi connectivity index (χ4n) is 5.41. The van der Waals surface area contributed by atoms with Crippen molar-refractivity contribution in [3.8, 4) is 5.75 Å². The number of carbonyl (C=O) groups excluding carboxylic acids is 1. The summed E-state index contributed by atoms with van der Waals surface area (Å²) in [5.74, 6) is 0.125. The summed E-state index contributed by atoms with van der Waals surface area (Å²) in [6.07, 6.45) is 3.52. The standard InChI is InChI=1S/C34H35N5O4/c1-23-8-9-26(16-24(23)2)20-39-21-29(36-37-39)22-42-30-11-10-27-17-31(34(41)43-32(27)18-30)33(40)35-28-12-14-38(15-13-28)19-25-6-4-3-5-7-25/h3-11,16-18,21,28H,12-15,19-20,22H2,1-2H3,(H,35,40). The Morgan fingerprint density at radius 2 is 1.77 bits per heavy atom. The zero-order valence-corrected chi connectivity index (χ0v) is 24.5. The summed E-state index contributed by atoms with van der Waals surface area (Å²) in [7, 11) is 0. The third kappa shape index (κ3) is 7.01. The van der Waals surface area contributed by atoms with E-state index in [9.17, 15) is 9.59 Å². The number of piperidine rings is 1. The van der Waals surface area contributed by atoms with Gasteiger partial charge in [0.15, 0.2) is 0 Å². The second-order valence-electron chi connectivity index (χ2n) is 11.3. The minimum absolute atomic E-state index is 0.00766. The first-order valence-electron chi connectivity index (χ1n) is 14.6. The number of rotatable bonds is 9. The molecular formula is C34H35N5O4. The monoisotopic (exact) mass is 577 g/mol. The average molecular weight is 578 g/mol. The first-order valence-corrected chi connectivity index (χ1v) is 14.6. The number of hydrogen-bond donors (Lipinski definition) is 1. The molecule has 0 unspecified atom stereocenters. The van der Waals surface area contributed by atoms with Crippen LogP contribution in [0.5, 0.6) is 5.75 Å². The highest BCUT2D eigenvalue weighted by Gasteiger charge is 2.23. The van der Waals surface area contributed by atoms with Gasteiger partial charge in [-0.3, -0.25) is 9.69 Å². The van der Waals surface area contributed by atoms with Crippen molar-refractivity contribution in [2.75, 3.05) is 13.1 Å². The van der Waals surface area contributed by atoms with Gasteiger partial charge in [-0.15, -0.1) is 5.10 Å². The quantitative estimate of drug-likeness (QED) is 0.245. The third-order valence-electron chi connectivity index (χ3n) is 8.01. The van der Waals surface area contributed by atoms with Crippen LogP contribution in [-0.2, 0) is 19.7 Å². The maximum absolute atomic E-state index is 13.0. The molecule has 0 radical (unpaired) electrons. The van der Waals surface area contributed by atoms with Crippen molar-refractivity contribution in [2.24, 2.45) is 0 Å². The Morgan fingerprint density at radius 3 is 2.56 bits per heavy atom. The molecule has 1 N–H and O–H groups in total. The highest BCUT2D eigenvalue weighted by molar-refractivity contribution is 5.96. The molecule has 0 spiro atoms. The van der Waals surface area contributed by atoms with E-state index in [1.54, 1.807) is 28.9 Å². The van der Waals surface area contributed by atoms with Gasteiger partial charge in [0.1, 0.15) is 29.2 Å². The molecule has 3 aromatic carbocycles. The van der Waals surface area contributed by atoms with Crippen molar-refractivity contribution in [2.45, 2.75) is 52.4 Å². The van der Waals surface area contributed by atoms with E-state index in [1.165, 1.54) is 16.7 Å². The topological polar surface area (TPSA) is 102 Å². The van der Waals surface area contributed by atoms with Crippen LogP contribution in [0.1, 0.15) is 51.1 Å². The van der Waals surface area contributed by atoms with Gasteiger partial charge in [-0.05, 0) is 67.1 Å². The van der Waals surface area contributed by atoms with Gasteiger partial charge in [-0.2, -0.15) is 0 Å². The van der Waals surface area contributed by atoms with E-state index in [2.05, 4.69) is 64.7 Å². The number of hydrogen-bond acceptors (Lipinski definition) is 7. The van der Waals surface area contributed by atoms with Gasteiger partial charge in [0.25, 0.3) is 5.91 Å². The Morgan fingerprint density at radius 1 is 0.953 bits per heavy atom. The molecule has 6 rings (SSSR count). The van der Waals surface area contributed by atoms with Crippen LogP contribution in [-0.4, -0.2) is 44.9 Å². The summed E-state index contributed by atoms with van der Waals surface area (Å²) in [5.41, 5.74) is 5.31. The molecule has 1 saturated heterocycles. The number of carbonyl (C=O) groups is 1. The van der Waals surface area contributed by atoms with Crippen molar-refractivity contribution < 1.29 is 13.9 Å². The predicted molar refractivity (Wildman–Crippen MR) is 164 cm³/mol. The van der Waals surface area contributed by atoms with Crippen LogP contribution in [0.4, 0.5) is 0 Å². The van der Waals surface area contributed by atoms with Gasteiger partial charge in [0, 0.05) is 37.1 Å². The number of aryl methyl sites for hydroxylation is 2. The first-order chi connectivity index (χ1) is 20.9. The number of nitrogens with zero attached hydrogens (tertiary/aromatic N) is 4. The lowest BCUT2D eigenvalue weighted by molar-refractivity contribution is 0.0905. The van der Waals surface area contributed by atoms with E-state index in [0.29, 0.717) is 29.0 Å². The molecule has 0 atom stereocenters. The van der Waals surface area contributed by atoms with Crippen LogP contribution in [0.3, 0.4) is 0 Å². The number of amides is 1. The molecule has 9 heteroatoms. The van der Waals surface area contributed by atoms with Crippen molar-refractivity contribution in [3.05, 3.63) is 123 Å². The smallest absolute Gasteiger partial charge is 0.349 e. The van der Waals surface area contributed by atoms with Crippen LogP contribution in [0, 0.1) is 13.8 Å². The molecule has 1 fully saturated rings. The SMILES string of the molecule is Cc1ccc(Cn2cc(COc3ccc4cc(C(=O)NC5CCN(Cc6ccccc6)CC5)c(=O)oc4c3)nn2)cc1C. The van der Waals surface area contributed by atoms with Crippen molar-refractivity contribution in [1.29, 1.82) is 0 Å². The van der Waals surface area contributed by atoms with Crippen LogP contribution in [0.2, 0.25) is 0 Å². The van der Waals surface area contributed by atoms with Crippen LogP contribution in [0.25, 0.3) is 11.0 Å². The second-order valence-corrected chi connectivity index (χ2v) is 11.3. The van der Waals surface area contributed by atoms with Crippen LogP contribution < -0.4 is 15.7 Å². The Bertz CT molecular complexity index is 1790. The van der Waals surface area contributed by atoms with E-state index >= 15 is 0 Å². The molecule has 1 amide bonds. The van der Waals surface area contributed by atoms with E-state index in [1.807, 2.05) is 24.4 Å². The highest BCUT2D eigenvalue weighted by atomic mass is 16.5. The molecule has 1 aliphatic heterocycles. The average Bonchev–Trinajstić information content (AvgIpc) is 3.46. The minimum atomic E-state index is -0.669. The first kappa shape index (κ1) is 28.4. The second kappa shape index (κ2) is 12.6. The molecule has 0 saturated carbocycles. The molecule has 220 valence electrons. The van der Waals surface area contributed by atoms with E-state index in [-0.39, 0.29) is 18.2 Å². The molecular weight excluding hydrogens is 542 g/mol. The number of nitrogens with one attached hydrogen (secondary N) is 1. The van der Waals surface area contributed by atoms with Crippen molar-refractivity contribution in [3.63, 3.8) is 0 Å². The van der Waals surface area contributed by atoms with Crippen molar-refractivity contribution >= 4 is 16.9 Å². The summed E-state index contributed by atoms with van der Waals surface area (Å²) in [5, 5.41) is 12.1. The molecule has 3 heterocycles.